The number of hydrogen-bond donors (Lipinski definition) is 2. The standard InChI is InChI=1S/C13H16FN3O/c1-10-2-3-13(14)11(6-10)7-15-12-8-16-17(9-12)4-5-18/h2-3,6,8-9,15,18H,4-5,7H2,1H3. The minimum Gasteiger partial charge on any atom is -0.394 e. The Bertz CT molecular complexity index is 525. The maximum absolute atomic E-state index is 13.5. The summed E-state index contributed by atoms with van der Waals surface area (Å²) in [4.78, 5) is 0. The van der Waals surface area contributed by atoms with Gasteiger partial charge in [-0.3, -0.25) is 4.68 Å². The average Bonchev–Trinajstić information content (AvgIpc) is 2.79. The SMILES string of the molecule is Cc1ccc(F)c(CNc2cnn(CCO)c2)c1. The second kappa shape index (κ2) is 5.64. The van der Waals surface area contributed by atoms with Crippen molar-refractivity contribution in [1.82, 2.24) is 9.78 Å². The van der Waals surface area contributed by atoms with Crippen molar-refractivity contribution < 1.29 is 9.50 Å². The normalized spacial score (nSPS) is 10.6. The van der Waals surface area contributed by atoms with Crippen LogP contribution in [0.25, 0.3) is 0 Å². The second-order valence-electron chi connectivity index (χ2n) is 4.16. The molecule has 2 aromatic rings. The molecule has 0 saturated heterocycles. The number of aromatic nitrogens is 2. The molecule has 1 heterocycles. The molecule has 0 amide bonds. The summed E-state index contributed by atoms with van der Waals surface area (Å²) in [6, 6.07) is 5.04. The molecule has 0 aliphatic heterocycles. The number of rotatable bonds is 5. The highest BCUT2D eigenvalue weighted by Crippen LogP contribution is 2.13. The van der Waals surface area contributed by atoms with Gasteiger partial charge < -0.3 is 10.4 Å². The molecule has 0 atom stereocenters. The van der Waals surface area contributed by atoms with Crippen LogP contribution in [0.3, 0.4) is 0 Å². The molecule has 18 heavy (non-hydrogen) atoms. The number of benzene rings is 1. The highest BCUT2D eigenvalue weighted by molar-refractivity contribution is 5.39. The van der Waals surface area contributed by atoms with Gasteiger partial charge in [0, 0.05) is 18.3 Å². The maximum Gasteiger partial charge on any atom is 0.128 e. The predicted molar refractivity (Wildman–Crippen MR) is 67.8 cm³/mol. The third-order valence-electron chi connectivity index (χ3n) is 2.65. The lowest BCUT2D eigenvalue weighted by molar-refractivity contribution is 0.269. The number of aliphatic hydroxyl groups excluding tert-OH is 1. The van der Waals surface area contributed by atoms with E-state index >= 15 is 0 Å². The minimum atomic E-state index is -0.212. The van der Waals surface area contributed by atoms with Gasteiger partial charge in [-0.25, -0.2) is 4.39 Å². The van der Waals surface area contributed by atoms with E-state index in [-0.39, 0.29) is 12.4 Å². The van der Waals surface area contributed by atoms with Crippen LogP contribution in [0.5, 0.6) is 0 Å². The van der Waals surface area contributed by atoms with Gasteiger partial charge in [0.05, 0.1) is 25.0 Å². The fourth-order valence-electron chi connectivity index (χ4n) is 1.72. The minimum absolute atomic E-state index is 0.0492. The van der Waals surface area contributed by atoms with Crippen LogP contribution in [0, 0.1) is 12.7 Å². The number of hydrogen-bond acceptors (Lipinski definition) is 3. The van der Waals surface area contributed by atoms with Crippen LogP contribution in [0.15, 0.2) is 30.6 Å². The van der Waals surface area contributed by atoms with Crippen molar-refractivity contribution >= 4 is 5.69 Å². The lowest BCUT2D eigenvalue weighted by atomic mass is 10.1. The van der Waals surface area contributed by atoms with E-state index in [1.165, 1.54) is 6.07 Å². The topological polar surface area (TPSA) is 50.1 Å². The zero-order valence-electron chi connectivity index (χ0n) is 10.2. The Kier molecular flexibility index (Phi) is 3.94. The molecule has 96 valence electrons. The number of aryl methyl sites for hydroxylation is 1. The summed E-state index contributed by atoms with van der Waals surface area (Å²) >= 11 is 0. The summed E-state index contributed by atoms with van der Waals surface area (Å²) in [6.45, 7) is 2.86. The highest BCUT2D eigenvalue weighted by Gasteiger charge is 2.03. The summed E-state index contributed by atoms with van der Waals surface area (Å²) in [5.41, 5.74) is 2.47. The van der Waals surface area contributed by atoms with E-state index in [0.717, 1.165) is 11.3 Å². The molecule has 0 aliphatic rings. The molecular formula is C13H16FN3O. The molecular weight excluding hydrogens is 233 g/mol. The van der Waals surface area contributed by atoms with Crippen molar-refractivity contribution in [3.8, 4) is 0 Å². The van der Waals surface area contributed by atoms with Crippen molar-refractivity contribution in [2.75, 3.05) is 11.9 Å². The fraction of sp³-hybridized carbons (Fsp3) is 0.308. The van der Waals surface area contributed by atoms with Gasteiger partial charge in [0.15, 0.2) is 0 Å². The Morgan fingerprint density at radius 1 is 1.44 bits per heavy atom. The molecule has 1 aromatic heterocycles. The molecule has 5 heteroatoms. The molecule has 2 rings (SSSR count). The summed E-state index contributed by atoms with van der Waals surface area (Å²) < 4.78 is 15.1. The third-order valence-corrected chi connectivity index (χ3v) is 2.65. The second-order valence-corrected chi connectivity index (χ2v) is 4.16. The molecule has 0 spiro atoms. The highest BCUT2D eigenvalue weighted by atomic mass is 19.1. The van der Waals surface area contributed by atoms with E-state index in [0.29, 0.717) is 18.7 Å². The Morgan fingerprint density at radius 3 is 3.06 bits per heavy atom. The van der Waals surface area contributed by atoms with Crippen molar-refractivity contribution in [2.24, 2.45) is 0 Å². The van der Waals surface area contributed by atoms with Gasteiger partial charge in [-0.1, -0.05) is 17.7 Å². The summed E-state index contributed by atoms with van der Waals surface area (Å²) in [7, 11) is 0. The van der Waals surface area contributed by atoms with Crippen molar-refractivity contribution in [2.45, 2.75) is 20.0 Å². The van der Waals surface area contributed by atoms with Gasteiger partial charge in [-0.2, -0.15) is 5.10 Å². The van der Waals surface area contributed by atoms with Crippen LogP contribution >= 0.6 is 0 Å². The fourth-order valence-corrected chi connectivity index (χ4v) is 1.72. The number of nitrogens with zero attached hydrogens (tertiary/aromatic N) is 2. The molecule has 0 saturated carbocycles. The van der Waals surface area contributed by atoms with Crippen LogP contribution in [-0.4, -0.2) is 21.5 Å². The van der Waals surface area contributed by atoms with Crippen molar-refractivity contribution in [1.29, 1.82) is 0 Å². The first-order valence-electron chi connectivity index (χ1n) is 5.81. The Balaban J connectivity index is 1.99. The van der Waals surface area contributed by atoms with E-state index < -0.39 is 0 Å². The van der Waals surface area contributed by atoms with Crippen LogP contribution in [0.1, 0.15) is 11.1 Å². The lowest BCUT2D eigenvalue weighted by Gasteiger charge is -2.06. The number of nitrogens with one attached hydrogen (secondary N) is 1. The van der Waals surface area contributed by atoms with Gasteiger partial charge in [0.2, 0.25) is 0 Å². The molecule has 0 unspecified atom stereocenters. The van der Waals surface area contributed by atoms with Gasteiger partial charge in [-0.15, -0.1) is 0 Å². The van der Waals surface area contributed by atoms with E-state index in [4.69, 9.17) is 5.11 Å². The molecule has 0 bridgehead atoms. The van der Waals surface area contributed by atoms with Gasteiger partial charge >= 0.3 is 0 Å². The summed E-state index contributed by atoms with van der Waals surface area (Å²) in [6.07, 6.45) is 3.44. The third kappa shape index (κ3) is 3.07. The van der Waals surface area contributed by atoms with Crippen LogP contribution in [0.4, 0.5) is 10.1 Å². The van der Waals surface area contributed by atoms with Crippen LogP contribution < -0.4 is 5.32 Å². The monoisotopic (exact) mass is 249 g/mol. The molecule has 0 aliphatic carbocycles. The maximum atomic E-state index is 13.5. The van der Waals surface area contributed by atoms with Crippen molar-refractivity contribution in [3.05, 3.63) is 47.5 Å². The Labute approximate surface area is 105 Å². The Morgan fingerprint density at radius 2 is 2.28 bits per heavy atom. The lowest BCUT2D eigenvalue weighted by Crippen LogP contribution is -2.03. The van der Waals surface area contributed by atoms with E-state index in [2.05, 4.69) is 10.4 Å². The zero-order valence-corrected chi connectivity index (χ0v) is 10.2. The number of anilines is 1. The first-order chi connectivity index (χ1) is 8.69. The van der Waals surface area contributed by atoms with Crippen LogP contribution in [0.2, 0.25) is 0 Å². The first-order valence-corrected chi connectivity index (χ1v) is 5.81. The molecule has 1 aromatic carbocycles. The molecule has 0 radical (unpaired) electrons. The summed E-state index contributed by atoms with van der Waals surface area (Å²) in [5, 5.41) is 15.9. The molecule has 0 fully saturated rings. The number of aliphatic hydroxyl groups is 1. The average molecular weight is 249 g/mol. The molecule has 4 nitrogen and oxygen atoms in total. The van der Waals surface area contributed by atoms with E-state index in [1.807, 2.05) is 13.0 Å². The smallest absolute Gasteiger partial charge is 0.128 e. The van der Waals surface area contributed by atoms with Gasteiger partial charge in [0.1, 0.15) is 5.82 Å². The quantitative estimate of drug-likeness (QED) is 0.851. The van der Waals surface area contributed by atoms with E-state index in [1.54, 1.807) is 23.1 Å². The van der Waals surface area contributed by atoms with Crippen LogP contribution in [-0.2, 0) is 13.1 Å². The van der Waals surface area contributed by atoms with Gasteiger partial charge in [-0.05, 0) is 13.0 Å². The zero-order chi connectivity index (χ0) is 13.0. The predicted octanol–water partition coefficient (Wildman–Crippen LogP) is 1.94. The number of halogens is 1. The largest absolute Gasteiger partial charge is 0.394 e. The van der Waals surface area contributed by atoms with E-state index in [9.17, 15) is 4.39 Å². The Hall–Kier alpha value is -1.88. The van der Waals surface area contributed by atoms with Crippen molar-refractivity contribution in [3.63, 3.8) is 0 Å². The first kappa shape index (κ1) is 12.6. The molecule has 2 N–H and O–H groups in total. The van der Waals surface area contributed by atoms with Gasteiger partial charge in [0.25, 0.3) is 0 Å². The summed E-state index contributed by atoms with van der Waals surface area (Å²) in [5.74, 6) is -0.212.